The Kier molecular flexibility index (Phi) is 7.18. The first-order valence-electron chi connectivity index (χ1n) is 10.2. The number of nitrogens with one attached hydrogen (secondary N) is 2. The fourth-order valence-electron chi connectivity index (χ4n) is 3.79. The van der Waals surface area contributed by atoms with Gasteiger partial charge in [0.1, 0.15) is 5.75 Å². The molecule has 1 fully saturated rings. The van der Waals surface area contributed by atoms with Gasteiger partial charge >= 0.3 is 0 Å². The van der Waals surface area contributed by atoms with Crippen LogP contribution in [-0.4, -0.2) is 56.7 Å². The molecule has 0 bridgehead atoms. The van der Waals surface area contributed by atoms with Gasteiger partial charge in [0.25, 0.3) is 0 Å². The van der Waals surface area contributed by atoms with Crippen molar-refractivity contribution in [3.63, 3.8) is 0 Å². The van der Waals surface area contributed by atoms with E-state index < -0.39 is 0 Å². The summed E-state index contributed by atoms with van der Waals surface area (Å²) in [6.45, 7) is 7.64. The molecule has 1 aromatic carbocycles. The van der Waals surface area contributed by atoms with Crippen molar-refractivity contribution in [1.29, 1.82) is 0 Å². The fraction of sp³-hybridized carbons (Fsp3) is 0.667. The molecule has 0 spiro atoms. The molecular formula is C21H34N4O. The smallest absolute Gasteiger partial charge is 0.191 e. The second kappa shape index (κ2) is 9.81. The number of hydrogen-bond acceptors (Lipinski definition) is 3. The lowest BCUT2D eigenvalue weighted by atomic mass is 10.0. The molecule has 0 saturated carbocycles. The monoisotopic (exact) mass is 358 g/mol. The number of likely N-dealkylation sites (tertiary alicyclic amines) is 1. The lowest BCUT2D eigenvalue weighted by Crippen LogP contribution is -2.49. The molecule has 1 saturated heterocycles. The molecule has 0 aromatic heterocycles. The average molecular weight is 359 g/mol. The highest BCUT2D eigenvalue weighted by molar-refractivity contribution is 5.79. The van der Waals surface area contributed by atoms with Crippen LogP contribution in [0.1, 0.15) is 43.7 Å². The summed E-state index contributed by atoms with van der Waals surface area (Å²) in [5.41, 5.74) is 2.71. The van der Waals surface area contributed by atoms with Crippen LogP contribution >= 0.6 is 0 Å². The van der Waals surface area contributed by atoms with Gasteiger partial charge in [0.2, 0.25) is 0 Å². The second-order valence-corrected chi connectivity index (χ2v) is 7.40. The quantitative estimate of drug-likeness (QED) is 0.581. The van der Waals surface area contributed by atoms with Crippen molar-refractivity contribution in [1.82, 2.24) is 15.5 Å². The molecule has 5 heteroatoms. The maximum atomic E-state index is 5.58. The molecule has 0 radical (unpaired) electrons. The van der Waals surface area contributed by atoms with Gasteiger partial charge < -0.3 is 20.3 Å². The molecule has 26 heavy (non-hydrogen) atoms. The zero-order valence-electron chi connectivity index (χ0n) is 16.4. The van der Waals surface area contributed by atoms with E-state index in [1.165, 1.54) is 56.4 Å². The molecule has 0 unspecified atom stereocenters. The van der Waals surface area contributed by atoms with E-state index in [1.54, 1.807) is 0 Å². The van der Waals surface area contributed by atoms with E-state index in [2.05, 4.69) is 45.6 Å². The van der Waals surface area contributed by atoms with E-state index in [4.69, 9.17) is 4.74 Å². The van der Waals surface area contributed by atoms with E-state index in [0.717, 1.165) is 37.7 Å². The van der Waals surface area contributed by atoms with Gasteiger partial charge in [-0.3, -0.25) is 4.99 Å². The van der Waals surface area contributed by atoms with Gasteiger partial charge in [-0.05, 0) is 49.4 Å². The van der Waals surface area contributed by atoms with Gasteiger partial charge in [-0.2, -0.15) is 0 Å². The third kappa shape index (κ3) is 5.37. The van der Waals surface area contributed by atoms with Crippen LogP contribution in [0.3, 0.4) is 0 Å². The van der Waals surface area contributed by atoms with Crippen molar-refractivity contribution in [2.75, 3.05) is 39.8 Å². The van der Waals surface area contributed by atoms with Crippen molar-refractivity contribution in [2.24, 2.45) is 4.99 Å². The minimum absolute atomic E-state index is 0.538. The van der Waals surface area contributed by atoms with Crippen LogP contribution in [0.5, 0.6) is 5.75 Å². The number of unbranched alkanes of at least 4 members (excludes halogenated alkanes) is 1. The van der Waals surface area contributed by atoms with Crippen LogP contribution in [0, 0.1) is 0 Å². The highest BCUT2D eigenvalue weighted by Gasteiger charge is 2.19. The molecule has 5 nitrogen and oxygen atoms in total. The summed E-state index contributed by atoms with van der Waals surface area (Å²) >= 11 is 0. The van der Waals surface area contributed by atoms with Gasteiger partial charge in [0.15, 0.2) is 5.96 Å². The summed E-state index contributed by atoms with van der Waals surface area (Å²) in [7, 11) is 1.86. The molecule has 2 N–H and O–H groups in total. The first-order chi connectivity index (χ1) is 12.8. The van der Waals surface area contributed by atoms with Gasteiger partial charge in [-0.15, -0.1) is 0 Å². The van der Waals surface area contributed by atoms with Crippen molar-refractivity contribution >= 4 is 5.96 Å². The number of guanidine groups is 1. The number of nitrogens with zero attached hydrogens (tertiary/aromatic N) is 2. The molecule has 3 rings (SSSR count). The SMILES string of the molecule is CCCCN1CCC(NC(=NC)NCCc2ccc3c(c2)CCO3)CC1. The van der Waals surface area contributed by atoms with Gasteiger partial charge in [-0.25, -0.2) is 0 Å². The van der Waals surface area contributed by atoms with Gasteiger partial charge in [0.05, 0.1) is 6.61 Å². The van der Waals surface area contributed by atoms with Crippen molar-refractivity contribution < 1.29 is 4.74 Å². The lowest BCUT2D eigenvalue weighted by molar-refractivity contribution is 0.203. The van der Waals surface area contributed by atoms with Crippen LogP contribution < -0.4 is 15.4 Å². The Labute approximate surface area is 158 Å². The topological polar surface area (TPSA) is 48.9 Å². The highest BCUT2D eigenvalue weighted by atomic mass is 16.5. The normalized spacial score (nSPS) is 18.5. The Bertz CT molecular complexity index is 594. The Morgan fingerprint density at radius 3 is 2.92 bits per heavy atom. The van der Waals surface area contributed by atoms with Crippen molar-refractivity contribution in [3.8, 4) is 5.75 Å². The van der Waals surface area contributed by atoms with E-state index in [1.807, 2.05) is 7.05 Å². The molecule has 1 aromatic rings. The number of fused-ring (bicyclic) bond motifs is 1. The van der Waals surface area contributed by atoms with Crippen LogP contribution in [0.2, 0.25) is 0 Å². The fourth-order valence-corrected chi connectivity index (χ4v) is 3.79. The highest BCUT2D eigenvalue weighted by Crippen LogP contribution is 2.25. The predicted molar refractivity (Wildman–Crippen MR) is 108 cm³/mol. The molecule has 2 aliphatic rings. The minimum atomic E-state index is 0.538. The maximum absolute atomic E-state index is 5.58. The van der Waals surface area contributed by atoms with E-state index in [0.29, 0.717) is 6.04 Å². The summed E-state index contributed by atoms with van der Waals surface area (Å²) in [6.07, 6.45) is 7.05. The predicted octanol–water partition coefficient (Wildman–Crippen LogP) is 2.59. The summed E-state index contributed by atoms with van der Waals surface area (Å²) in [4.78, 5) is 6.99. The Morgan fingerprint density at radius 1 is 1.31 bits per heavy atom. The summed E-state index contributed by atoms with van der Waals surface area (Å²) in [5, 5.41) is 7.07. The van der Waals surface area contributed by atoms with Crippen molar-refractivity contribution in [3.05, 3.63) is 29.3 Å². The van der Waals surface area contributed by atoms with E-state index in [-0.39, 0.29) is 0 Å². The molecule has 2 aliphatic heterocycles. The number of hydrogen-bond donors (Lipinski definition) is 2. The van der Waals surface area contributed by atoms with Gasteiger partial charge in [-0.1, -0.05) is 25.5 Å². The first-order valence-corrected chi connectivity index (χ1v) is 10.2. The number of benzene rings is 1. The lowest BCUT2D eigenvalue weighted by Gasteiger charge is -2.33. The van der Waals surface area contributed by atoms with Crippen LogP contribution in [0.25, 0.3) is 0 Å². The Morgan fingerprint density at radius 2 is 2.15 bits per heavy atom. The van der Waals surface area contributed by atoms with Crippen LogP contribution in [0.15, 0.2) is 23.2 Å². The number of piperidine rings is 1. The van der Waals surface area contributed by atoms with Crippen molar-refractivity contribution in [2.45, 2.75) is 51.5 Å². The first kappa shape index (κ1) is 19.0. The largest absolute Gasteiger partial charge is 0.493 e. The molecule has 144 valence electrons. The molecule has 0 amide bonds. The van der Waals surface area contributed by atoms with Crippen LogP contribution in [0.4, 0.5) is 0 Å². The standard InChI is InChI=1S/C21H34N4O/c1-3-4-12-25-13-8-19(9-14-25)24-21(22-2)23-11-7-17-5-6-20-18(16-17)10-15-26-20/h5-6,16,19H,3-4,7-15H2,1-2H3,(H2,22,23,24). The minimum Gasteiger partial charge on any atom is -0.493 e. The molecule has 0 aliphatic carbocycles. The van der Waals surface area contributed by atoms with E-state index in [9.17, 15) is 0 Å². The number of aliphatic imine (C=N–C) groups is 1. The maximum Gasteiger partial charge on any atom is 0.191 e. The molecule has 2 heterocycles. The zero-order valence-corrected chi connectivity index (χ0v) is 16.4. The summed E-state index contributed by atoms with van der Waals surface area (Å²) < 4.78 is 5.58. The van der Waals surface area contributed by atoms with Crippen LogP contribution in [-0.2, 0) is 12.8 Å². The third-order valence-corrected chi connectivity index (χ3v) is 5.44. The second-order valence-electron chi connectivity index (χ2n) is 7.40. The third-order valence-electron chi connectivity index (χ3n) is 5.44. The zero-order chi connectivity index (χ0) is 18.2. The summed E-state index contributed by atoms with van der Waals surface area (Å²) in [5.74, 6) is 1.99. The Hall–Kier alpha value is -1.75. The molecule has 0 atom stereocenters. The number of ether oxygens (including phenoxy) is 1. The van der Waals surface area contributed by atoms with E-state index >= 15 is 0 Å². The average Bonchev–Trinajstić information content (AvgIpc) is 3.14. The summed E-state index contributed by atoms with van der Waals surface area (Å²) in [6, 6.07) is 7.10. The number of rotatable bonds is 7. The van der Waals surface area contributed by atoms with Gasteiger partial charge in [0, 0.05) is 39.1 Å². The Balaban J connectivity index is 1.37. The molecular weight excluding hydrogens is 324 g/mol.